The molecule has 1 saturated heterocycles. The summed E-state index contributed by atoms with van der Waals surface area (Å²) in [5.41, 5.74) is 3.67. The largest absolute Gasteiger partial charge is 0.299 e. The summed E-state index contributed by atoms with van der Waals surface area (Å²) in [6, 6.07) is 0.620. The zero-order valence-corrected chi connectivity index (χ0v) is 9.74. The average Bonchev–Trinajstić information content (AvgIpc) is 2.46. The Hall–Kier alpha value is -0.480. The third-order valence-electron chi connectivity index (χ3n) is 2.72. The number of hydrogen-bond acceptors (Lipinski definition) is 3. The van der Waals surface area contributed by atoms with Gasteiger partial charge in [0, 0.05) is 17.3 Å². The molecule has 0 amide bonds. The highest BCUT2D eigenvalue weighted by Crippen LogP contribution is 2.34. The van der Waals surface area contributed by atoms with E-state index in [9.17, 15) is 0 Å². The molecule has 1 aromatic heterocycles. The van der Waals surface area contributed by atoms with Crippen LogP contribution in [-0.2, 0) is 0 Å². The second-order valence-electron chi connectivity index (χ2n) is 3.95. The molecule has 4 heteroatoms. The SMILES string of the molecule is Cc1n[nH]c(C)c1C1NC(C)CCS1. The van der Waals surface area contributed by atoms with Crippen molar-refractivity contribution in [3.63, 3.8) is 0 Å². The molecule has 78 valence electrons. The molecule has 2 rings (SSSR count). The van der Waals surface area contributed by atoms with Crippen molar-refractivity contribution in [2.24, 2.45) is 0 Å². The number of aromatic amines is 1. The minimum absolute atomic E-state index is 0.428. The Balaban J connectivity index is 2.21. The van der Waals surface area contributed by atoms with Gasteiger partial charge in [0.25, 0.3) is 0 Å². The van der Waals surface area contributed by atoms with Gasteiger partial charge in [0.2, 0.25) is 0 Å². The van der Waals surface area contributed by atoms with Crippen molar-refractivity contribution >= 4 is 11.8 Å². The average molecular weight is 211 g/mol. The van der Waals surface area contributed by atoms with Crippen molar-refractivity contribution in [1.29, 1.82) is 0 Å². The van der Waals surface area contributed by atoms with Crippen LogP contribution in [0.5, 0.6) is 0 Å². The van der Waals surface area contributed by atoms with Crippen molar-refractivity contribution < 1.29 is 0 Å². The smallest absolute Gasteiger partial charge is 0.0827 e. The minimum atomic E-state index is 0.428. The van der Waals surface area contributed by atoms with Crippen LogP contribution in [0, 0.1) is 13.8 Å². The first-order chi connectivity index (χ1) is 6.68. The molecule has 1 aromatic rings. The molecule has 1 aliphatic rings. The van der Waals surface area contributed by atoms with Crippen LogP contribution in [0.1, 0.15) is 35.7 Å². The van der Waals surface area contributed by atoms with Crippen LogP contribution >= 0.6 is 11.8 Å². The molecule has 2 N–H and O–H groups in total. The lowest BCUT2D eigenvalue weighted by atomic mass is 10.1. The Morgan fingerprint density at radius 3 is 2.79 bits per heavy atom. The van der Waals surface area contributed by atoms with Gasteiger partial charge >= 0.3 is 0 Å². The summed E-state index contributed by atoms with van der Waals surface area (Å²) >= 11 is 1.98. The number of rotatable bonds is 1. The second-order valence-corrected chi connectivity index (χ2v) is 5.17. The molecule has 14 heavy (non-hydrogen) atoms. The van der Waals surface area contributed by atoms with Crippen molar-refractivity contribution in [3.05, 3.63) is 17.0 Å². The van der Waals surface area contributed by atoms with Crippen molar-refractivity contribution in [2.75, 3.05) is 5.75 Å². The first kappa shape index (κ1) is 10.1. The molecule has 1 fully saturated rings. The van der Waals surface area contributed by atoms with Gasteiger partial charge in [-0.05, 0) is 32.9 Å². The Labute approximate surface area is 89.1 Å². The predicted octanol–water partition coefficient (Wildman–Crippen LogP) is 2.14. The summed E-state index contributed by atoms with van der Waals surface area (Å²) in [6.45, 7) is 6.41. The van der Waals surface area contributed by atoms with E-state index in [2.05, 4.69) is 36.3 Å². The fourth-order valence-electron chi connectivity index (χ4n) is 1.87. The highest BCUT2D eigenvalue weighted by Gasteiger charge is 2.23. The maximum Gasteiger partial charge on any atom is 0.0827 e. The van der Waals surface area contributed by atoms with E-state index >= 15 is 0 Å². The summed E-state index contributed by atoms with van der Waals surface area (Å²) in [6.07, 6.45) is 1.26. The highest BCUT2D eigenvalue weighted by molar-refractivity contribution is 7.99. The summed E-state index contributed by atoms with van der Waals surface area (Å²) < 4.78 is 0. The molecule has 0 aromatic carbocycles. The van der Waals surface area contributed by atoms with Crippen LogP contribution in [0.2, 0.25) is 0 Å². The lowest BCUT2D eigenvalue weighted by Gasteiger charge is -2.28. The van der Waals surface area contributed by atoms with Gasteiger partial charge in [-0.1, -0.05) is 0 Å². The number of hydrogen-bond donors (Lipinski definition) is 2. The van der Waals surface area contributed by atoms with Crippen molar-refractivity contribution in [3.8, 4) is 0 Å². The lowest BCUT2D eigenvalue weighted by molar-refractivity contribution is 0.510. The third kappa shape index (κ3) is 1.81. The zero-order chi connectivity index (χ0) is 10.1. The van der Waals surface area contributed by atoms with Gasteiger partial charge in [-0.2, -0.15) is 5.10 Å². The fraction of sp³-hybridized carbons (Fsp3) is 0.700. The number of nitrogens with zero attached hydrogens (tertiary/aromatic N) is 1. The quantitative estimate of drug-likeness (QED) is 0.747. The predicted molar refractivity (Wildman–Crippen MR) is 60.5 cm³/mol. The van der Waals surface area contributed by atoms with Crippen molar-refractivity contribution in [2.45, 2.75) is 38.6 Å². The van der Waals surface area contributed by atoms with Gasteiger partial charge in [0.1, 0.15) is 0 Å². The van der Waals surface area contributed by atoms with Crippen LogP contribution in [0.4, 0.5) is 0 Å². The van der Waals surface area contributed by atoms with Gasteiger partial charge in [-0.3, -0.25) is 10.4 Å². The number of thioether (sulfide) groups is 1. The van der Waals surface area contributed by atoms with E-state index in [1.807, 2.05) is 11.8 Å². The van der Waals surface area contributed by atoms with E-state index in [0.717, 1.165) is 5.69 Å². The summed E-state index contributed by atoms with van der Waals surface area (Å²) in [5.74, 6) is 1.24. The summed E-state index contributed by atoms with van der Waals surface area (Å²) in [5, 5.41) is 11.3. The van der Waals surface area contributed by atoms with Gasteiger partial charge in [-0.15, -0.1) is 11.8 Å². The molecular weight excluding hydrogens is 194 g/mol. The molecule has 2 unspecified atom stereocenters. The van der Waals surface area contributed by atoms with E-state index in [1.54, 1.807) is 0 Å². The van der Waals surface area contributed by atoms with Gasteiger partial charge in [0.15, 0.2) is 0 Å². The van der Waals surface area contributed by atoms with Crippen LogP contribution in [0.25, 0.3) is 0 Å². The normalized spacial score (nSPS) is 27.9. The molecule has 0 bridgehead atoms. The van der Waals surface area contributed by atoms with Crippen LogP contribution in [0.3, 0.4) is 0 Å². The molecule has 0 spiro atoms. The van der Waals surface area contributed by atoms with Crippen LogP contribution in [-0.4, -0.2) is 22.0 Å². The lowest BCUT2D eigenvalue weighted by Crippen LogP contribution is -2.34. The van der Waals surface area contributed by atoms with E-state index in [-0.39, 0.29) is 0 Å². The monoisotopic (exact) mass is 211 g/mol. The highest BCUT2D eigenvalue weighted by atomic mass is 32.2. The third-order valence-corrected chi connectivity index (χ3v) is 3.90. The summed E-state index contributed by atoms with van der Waals surface area (Å²) in [7, 11) is 0. The minimum Gasteiger partial charge on any atom is -0.299 e. The molecule has 0 radical (unpaired) electrons. The number of aromatic nitrogens is 2. The molecule has 2 heterocycles. The van der Waals surface area contributed by atoms with E-state index < -0.39 is 0 Å². The van der Waals surface area contributed by atoms with Gasteiger partial charge in [0.05, 0.1) is 11.1 Å². The standard InChI is InChI=1S/C10H17N3S/c1-6-4-5-14-10(11-6)9-7(2)12-13-8(9)3/h6,10-11H,4-5H2,1-3H3,(H,12,13). The fourth-order valence-corrected chi connectivity index (χ4v) is 3.43. The molecule has 1 aliphatic heterocycles. The van der Waals surface area contributed by atoms with E-state index in [1.165, 1.54) is 23.4 Å². The topological polar surface area (TPSA) is 40.7 Å². The Bertz CT molecular complexity index is 302. The molecule has 0 aliphatic carbocycles. The molecular formula is C10H17N3S. The first-order valence-corrected chi connectivity index (χ1v) is 6.12. The Morgan fingerprint density at radius 1 is 1.43 bits per heavy atom. The first-order valence-electron chi connectivity index (χ1n) is 5.07. The maximum atomic E-state index is 4.24. The molecule has 2 atom stereocenters. The second kappa shape index (κ2) is 3.95. The maximum absolute atomic E-state index is 4.24. The van der Waals surface area contributed by atoms with Gasteiger partial charge in [-0.25, -0.2) is 0 Å². The Kier molecular flexibility index (Phi) is 2.83. The number of nitrogens with one attached hydrogen (secondary N) is 2. The zero-order valence-electron chi connectivity index (χ0n) is 8.92. The number of H-pyrrole nitrogens is 1. The molecule has 0 saturated carbocycles. The van der Waals surface area contributed by atoms with Crippen LogP contribution in [0.15, 0.2) is 0 Å². The van der Waals surface area contributed by atoms with E-state index in [0.29, 0.717) is 11.4 Å². The molecule has 3 nitrogen and oxygen atoms in total. The summed E-state index contributed by atoms with van der Waals surface area (Å²) in [4.78, 5) is 0. The van der Waals surface area contributed by atoms with Gasteiger partial charge < -0.3 is 0 Å². The Morgan fingerprint density at radius 2 is 2.21 bits per heavy atom. The number of aryl methyl sites for hydroxylation is 2. The van der Waals surface area contributed by atoms with Crippen molar-refractivity contribution in [1.82, 2.24) is 15.5 Å². The van der Waals surface area contributed by atoms with E-state index in [4.69, 9.17) is 0 Å². The van der Waals surface area contributed by atoms with Crippen LogP contribution < -0.4 is 5.32 Å².